The van der Waals surface area contributed by atoms with Crippen LogP contribution in [0.3, 0.4) is 0 Å². The summed E-state index contributed by atoms with van der Waals surface area (Å²) >= 11 is 0. The molecule has 2 N–H and O–H groups in total. The maximum absolute atomic E-state index is 12.6. The fourth-order valence-corrected chi connectivity index (χ4v) is 2.77. The maximum atomic E-state index is 12.6. The molecule has 0 radical (unpaired) electrons. The van der Waals surface area contributed by atoms with Crippen molar-refractivity contribution in [2.75, 3.05) is 6.54 Å². The summed E-state index contributed by atoms with van der Waals surface area (Å²) in [4.78, 5) is 28.9. The normalized spacial score (nSPS) is 10.8. The Labute approximate surface area is 150 Å². The van der Waals surface area contributed by atoms with Gasteiger partial charge in [0.1, 0.15) is 11.3 Å². The first kappa shape index (κ1) is 16.0. The Balaban J connectivity index is 1.54. The van der Waals surface area contributed by atoms with Gasteiger partial charge in [0.2, 0.25) is 0 Å². The standard InChI is InChI=1S/C20H17N5O/c26-20(23-12-9-15-8-4-5-11-21-15)16-10-13-22-19-17(16)24-18(25-19)14-6-2-1-3-7-14/h1-8,10-11,13H,9,12H2,(H,23,26)(H,22,24,25). The third-order valence-corrected chi connectivity index (χ3v) is 4.07. The van der Waals surface area contributed by atoms with Gasteiger partial charge < -0.3 is 10.3 Å². The Kier molecular flexibility index (Phi) is 4.38. The number of aromatic amines is 1. The van der Waals surface area contributed by atoms with E-state index in [2.05, 4.69) is 25.3 Å². The third-order valence-electron chi connectivity index (χ3n) is 4.07. The van der Waals surface area contributed by atoms with E-state index in [9.17, 15) is 4.79 Å². The summed E-state index contributed by atoms with van der Waals surface area (Å²) in [7, 11) is 0. The van der Waals surface area contributed by atoms with Crippen molar-refractivity contribution in [3.05, 3.63) is 78.2 Å². The summed E-state index contributed by atoms with van der Waals surface area (Å²) in [5.41, 5.74) is 3.57. The molecule has 0 fully saturated rings. The lowest BCUT2D eigenvalue weighted by atomic mass is 10.2. The number of benzene rings is 1. The minimum Gasteiger partial charge on any atom is -0.352 e. The second kappa shape index (κ2) is 7.14. The molecule has 6 nitrogen and oxygen atoms in total. The van der Waals surface area contributed by atoms with Gasteiger partial charge in [-0.15, -0.1) is 0 Å². The second-order valence-electron chi connectivity index (χ2n) is 5.83. The first-order valence-electron chi connectivity index (χ1n) is 8.39. The van der Waals surface area contributed by atoms with Crippen molar-refractivity contribution in [1.29, 1.82) is 0 Å². The van der Waals surface area contributed by atoms with Gasteiger partial charge in [0.25, 0.3) is 5.91 Å². The van der Waals surface area contributed by atoms with Gasteiger partial charge in [-0.25, -0.2) is 9.97 Å². The predicted octanol–water partition coefficient (Wildman–Crippen LogP) is 2.99. The minimum atomic E-state index is -0.167. The van der Waals surface area contributed by atoms with Crippen LogP contribution < -0.4 is 5.32 Å². The largest absolute Gasteiger partial charge is 0.352 e. The number of nitrogens with one attached hydrogen (secondary N) is 2. The van der Waals surface area contributed by atoms with E-state index in [1.165, 1.54) is 0 Å². The van der Waals surface area contributed by atoms with Gasteiger partial charge in [0, 0.05) is 36.6 Å². The summed E-state index contributed by atoms with van der Waals surface area (Å²) in [5.74, 6) is 0.529. The molecule has 26 heavy (non-hydrogen) atoms. The molecule has 3 aromatic heterocycles. The highest BCUT2D eigenvalue weighted by Gasteiger charge is 2.15. The highest BCUT2D eigenvalue weighted by Crippen LogP contribution is 2.21. The Bertz CT molecular complexity index is 1030. The molecule has 0 saturated heterocycles. The summed E-state index contributed by atoms with van der Waals surface area (Å²) in [6, 6.07) is 17.2. The summed E-state index contributed by atoms with van der Waals surface area (Å²) in [6.45, 7) is 0.510. The highest BCUT2D eigenvalue weighted by atomic mass is 16.1. The van der Waals surface area contributed by atoms with Gasteiger partial charge in [-0.3, -0.25) is 9.78 Å². The Morgan fingerprint density at radius 1 is 0.962 bits per heavy atom. The monoisotopic (exact) mass is 343 g/mol. The number of H-pyrrole nitrogens is 1. The zero-order chi connectivity index (χ0) is 17.8. The topological polar surface area (TPSA) is 83.6 Å². The molecule has 0 saturated carbocycles. The molecule has 0 unspecified atom stereocenters. The van der Waals surface area contributed by atoms with Gasteiger partial charge in [-0.05, 0) is 18.2 Å². The van der Waals surface area contributed by atoms with Crippen LogP contribution in [0.4, 0.5) is 0 Å². The van der Waals surface area contributed by atoms with Crippen LogP contribution in [-0.2, 0) is 6.42 Å². The number of fused-ring (bicyclic) bond motifs is 1. The van der Waals surface area contributed by atoms with Crippen molar-refractivity contribution in [1.82, 2.24) is 25.3 Å². The number of hydrogen-bond donors (Lipinski definition) is 2. The predicted molar refractivity (Wildman–Crippen MR) is 99.6 cm³/mol. The van der Waals surface area contributed by atoms with Crippen LogP contribution >= 0.6 is 0 Å². The molecule has 0 atom stereocenters. The van der Waals surface area contributed by atoms with Crippen LogP contribution in [0.5, 0.6) is 0 Å². The van der Waals surface area contributed by atoms with Crippen LogP contribution in [0.1, 0.15) is 16.1 Å². The van der Waals surface area contributed by atoms with E-state index in [4.69, 9.17) is 0 Å². The fraction of sp³-hybridized carbons (Fsp3) is 0.100. The van der Waals surface area contributed by atoms with Gasteiger partial charge in [-0.1, -0.05) is 36.4 Å². The number of carbonyl (C=O) groups is 1. The Morgan fingerprint density at radius 3 is 2.62 bits per heavy atom. The highest BCUT2D eigenvalue weighted by molar-refractivity contribution is 6.04. The lowest BCUT2D eigenvalue weighted by molar-refractivity contribution is 0.0955. The molecule has 4 rings (SSSR count). The molecule has 3 heterocycles. The van der Waals surface area contributed by atoms with Crippen LogP contribution in [0.15, 0.2) is 67.0 Å². The molecule has 0 aliphatic heterocycles. The molecule has 4 aromatic rings. The van der Waals surface area contributed by atoms with Crippen LogP contribution in [-0.4, -0.2) is 32.4 Å². The van der Waals surface area contributed by atoms with Gasteiger partial charge >= 0.3 is 0 Å². The number of aromatic nitrogens is 4. The zero-order valence-corrected chi connectivity index (χ0v) is 14.0. The van der Waals surface area contributed by atoms with Crippen molar-refractivity contribution >= 4 is 17.1 Å². The zero-order valence-electron chi connectivity index (χ0n) is 14.0. The van der Waals surface area contributed by atoms with Crippen molar-refractivity contribution < 1.29 is 4.79 Å². The average molecular weight is 343 g/mol. The second-order valence-corrected chi connectivity index (χ2v) is 5.83. The number of amides is 1. The van der Waals surface area contributed by atoms with E-state index in [0.717, 1.165) is 11.3 Å². The first-order chi connectivity index (χ1) is 12.8. The van der Waals surface area contributed by atoms with Gasteiger partial charge in [0.15, 0.2) is 5.65 Å². The molecule has 0 bridgehead atoms. The minimum absolute atomic E-state index is 0.167. The van der Waals surface area contributed by atoms with Gasteiger partial charge in [0.05, 0.1) is 5.56 Å². The van der Waals surface area contributed by atoms with E-state index in [-0.39, 0.29) is 5.91 Å². The Morgan fingerprint density at radius 2 is 1.81 bits per heavy atom. The fourth-order valence-electron chi connectivity index (χ4n) is 2.77. The van der Waals surface area contributed by atoms with Crippen molar-refractivity contribution in [3.63, 3.8) is 0 Å². The molecule has 0 spiro atoms. The molecule has 6 heteroatoms. The smallest absolute Gasteiger partial charge is 0.253 e. The number of nitrogens with zero attached hydrogens (tertiary/aromatic N) is 3. The molecule has 1 aromatic carbocycles. The van der Waals surface area contributed by atoms with E-state index in [1.54, 1.807) is 18.5 Å². The summed E-state index contributed by atoms with van der Waals surface area (Å²) in [6.07, 6.45) is 4.04. The number of carbonyl (C=O) groups excluding carboxylic acids is 1. The van der Waals surface area contributed by atoms with Crippen molar-refractivity contribution in [2.24, 2.45) is 0 Å². The van der Waals surface area contributed by atoms with E-state index < -0.39 is 0 Å². The summed E-state index contributed by atoms with van der Waals surface area (Å²) in [5, 5.41) is 2.93. The molecular weight excluding hydrogens is 326 g/mol. The number of imidazole rings is 1. The SMILES string of the molecule is O=C(NCCc1ccccn1)c1ccnc2[nH]c(-c3ccccc3)nc12. The number of rotatable bonds is 5. The van der Waals surface area contributed by atoms with E-state index in [1.807, 2.05) is 48.5 Å². The van der Waals surface area contributed by atoms with Crippen LogP contribution in [0.25, 0.3) is 22.6 Å². The van der Waals surface area contributed by atoms with Crippen molar-refractivity contribution in [3.8, 4) is 11.4 Å². The first-order valence-corrected chi connectivity index (χ1v) is 8.39. The van der Waals surface area contributed by atoms with Crippen LogP contribution in [0, 0.1) is 0 Å². The third kappa shape index (κ3) is 3.30. The summed E-state index contributed by atoms with van der Waals surface area (Å²) < 4.78 is 0. The maximum Gasteiger partial charge on any atom is 0.253 e. The quantitative estimate of drug-likeness (QED) is 0.583. The lowest BCUT2D eigenvalue weighted by Gasteiger charge is -2.05. The van der Waals surface area contributed by atoms with Crippen molar-refractivity contribution in [2.45, 2.75) is 6.42 Å². The number of pyridine rings is 2. The molecule has 1 amide bonds. The van der Waals surface area contributed by atoms with Crippen LogP contribution in [0.2, 0.25) is 0 Å². The molecular formula is C20H17N5O. The average Bonchev–Trinajstić information content (AvgIpc) is 3.14. The van der Waals surface area contributed by atoms with Gasteiger partial charge in [-0.2, -0.15) is 0 Å². The Hall–Kier alpha value is -3.54. The number of hydrogen-bond acceptors (Lipinski definition) is 4. The molecule has 0 aliphatic carbocycles. The van der Waals surface area contributed by atoms with E-state index >= 15 is 0 Å². The van der Waals surface area contributed by atoms with E-state index in [0.29, 0.717) is 35.5 Å². The molecule has 0 aliphatic rings. The lowest BCUT2D eigenvalue weighted by Crippen LogP contribution is -2.26. The molecule has 128 valence electrons.